The van der Waals surface area contributed by atoms with Gasteiger partial charge in [-0.05, 0) is 50.1 Å². The number of hydrogen-bond donors (Lipinski definition) is 3. The zero-order valence-electron chi connectivity index (χ0n) is 20.6. The molecule has 0 spiro atoms. The quantitative estimate of drug-likeness (QED) is 0.475. The minimum atomic E-state index is -0.828. The minimum Gasteiger partial charge on any atom is -0.389 e. The van der Waals surface area contributed by atoms with Gasteiger partial charge in [-0.25, -0.2) is 9.18 Å². The van der Waals surface area contributed by atoms with Crippen LogP contribution in [0.25, 0.3) is 0 Å². The van der Waals surface area contributed by atoms with Gasteiger partial charge in [0.05, 0.1) is 57.6 Å². The molecular weight excluding hydrogens is 471 g/mol. The van der Waals surface area contributed by atoms with Crippen LogP contribution in [0, 0.1) is 5.82 Å². The highest BCUT2D eigenvalue weighted by Crippen LogP contribution is 2.28. The van der Waals surface area contributed by atoms with Crippen molar-refractivity contribution in [2.24, 2.45) is 0 Å². The van der Waals surface area contributed by atoms with Crippen LogP contribution in [-0.2, 0) is 19.0 Å². The predicted molar refractivity (Wildman–Crippen MR) is 130 cm³/mol. The van der Waals surface area contributed by atoms with Gasteiger partial charge >= 0.3 is 6.03 Å². The number of fused-ring (bicyclic) bond motifs is 1. The van der Waals surface area contributed by atoms with Gasteiger partial charge in [0.2, 0.25) is 5.91 Å². The fourth-order valence-corrected chi connectivity index (χ4v) is 4.94. The molecule has 3 amide bonds. The van der Waals surface area contributed by atoms with Crippen LogP contribution in [0.1, 0.15) is 25.7 Å². The number of benzene rings is 1. The Hall–Kier alpha value is -2.31. The van der Waals surface area contributed by atoms with E-state index >= 15 is 0 Å². The van der Waals surface area contributed by atoms with Gasteiger partial charge in [-0.1, -0.05) is 0 Å². The Morgan fingerprint density at radius 2 is 1.86 bits per heavy atom. The van der Waals surface area contributed by atoms with E-state index in [1.165, 1.54) is 24.3 Å². The van der Waals surface area contributed by atoms with Crippen molar-refractivity contribution < 1.29 is 33.3 Å². The summed E-state index contributed by atoms with van der Waals surface area (Å²) >= 11 is 0. The number of β-amino-alcohol motifs (C(OH)–C–C–N with tert-alkyl or cyclic N) is 1. The lowest BCUT2D eigenvalue weighted by Gasteiger charge is -2.44. The SMILES string of the molecule is O=C(C[C@H]1CC[C@@H]2[C@H](COC[C@@H](O)CN2C(=O)Nc2ccc(F)cc2)O1)NCCCN1CCOCC1. The first-order valence-corrected chi connectivity index (χ1v) is 12.8. The summed E-state index contributed by atoms with van der Waals surface area (Å²) < 4.78 is 30.4. The second-order valence-corrected chi connectivity index (χ2v) is 9.58. The van der Waals surface area contributed by atoms with Gasteiger partial charge in [-0.15, -0.1) is 0 Å². The molecule has 3 fully saturated rings. The Kier molecular flexibility index (Phi) is 9.88. The second kappa shape index (κ2) is 13.3. The van der Waals surface area contributed by atoms with Gasteiger partial charge in [-0.3, -0.25) is 9.69 Å². The molecule has 3 saturated heterocycles. The maximum atomic E-state index is 13.2. The Bertz CT molecular complexity index is 853. The highest BCUT2D eigenvalue weighted by atomic mass is 19.1. The molecule has 0 aliphatic carbocycles. The molecule has 3 aliphatic heterocycles. The van der Waals surface area contributed by atoms with Crippen molar-refractivity contribution in [3.63, 3.8) is 0 Å². The molecule has 3 N–H and O–H groups in total. The number of nitrogens with one attached hydrogen (secondary N) is 2. The lowest BCUT2D eigenvalue weighted by atomic mass is 9.95. The van der Waals surface area contributed by atoms with Crippen LogP contribution in [-0.4, -0.2) is 110 Å². The summed E-state index contributed by atoms with van der Waals surface area (Å²) in [6, 6.07) is 4.82. The first-order valence-electron chi connectivity index (χ1n) is 12.8. The normalized spacial score (nSPS) is 27.4. The number of morpholine rings is 1. The van der Waals surface area contributed by atoms with Gasteiger partial charge in [0.1, 0.15) is 11.9 Å². The molecule has 11 heteroatoms. The van der Waals surface area contributed by atoms with Gasteiger partial charge in [0.15, 0.2) is 0 Å². The number of carbonyl (C=O) groups is 2. The summed E-state index contributed by atoms with van der Waals surface area (Å²) in [6.45, 7) is 5.35. The number of aliphatic hydroxyl groups excluding tert-OH is 1. The van der Waals surface area contributed by atoms with E-state index in [1.807, 2.05) is 0 Å². The smallest absolute Gasteiger partial charge is 0.322 e. The van der Waals surface area contributed by atoms with E-state index in [0.717, 1.165) is 39.3 Å². The van der Waals surface area contributed by atoms with Gasteiger partial charge < -0.3 is 34.9 Å². The number of carbonyl (C=O) groups excluding carboxylic acids is 2. The molecule has 0 aromatic heterocycles. The van der Waals surface area contributed by atoms with Crippen LogP contribution in [0.2, 0.25) is 0 Å². The Morgan fingerprint density at radius 1 is 1.08 bits per heavy atom. The van der Waals surface area contributed by atoms with Crippen molar-refractivity contribution in [1.29, 1.82) is 0 Å². The second-order valence-electron chi connectivity index (χ2n) is 9.58. The van der Waals surface area contributed by atoms with Crippen molar-refractivity contribution in [2.75, 3.05) is 64.5 Å². The molecule has 1 aromatic rings. The van der Waals surface area contributed by atoms with Gasteiger partial charge in [-0.2, -0.15) is 0 Å². The molecule has 0 saturated carbocycles. The van der Waals surface area contributed by atoms with Crippen LogP contribution < -0.4 is 10.6 Å². The summed E-state index contributed by atoms with van der Waals surface area (Å²) in [4.78, 5) is 29.5. The van der Waals surface area contributed by atoms with Crippen LogP contribution in [0.5, 0.6) is 0 Å². The number of halogens is 1. The van der Waals surface area contributed by atoms with Crippen LogP contribution in [0.3, 0.4) is 0 Å². The van der Waals surface area contributed by atoms with E-state index in [0.29, 0.717) is 25.1 Å². The predicted octanol–water partition coefficient (Wildman–Crippen LogP) is 1.20. The van der Waals surface area contributed by atoms with Crippen molar-refractivity contribution in [3.05, 3.63) is 30.1 Å². The summed E-state index contributed by atoms with van der Waals surface area (Å²) in [5, 5.41) is 16.0. The minimum absolute atomic E-state index is 0.0477. The molecule has 0 bridgehead atoms. The number of hydrogen-bond acceptors (Lipinski definition) is 7. The molecule has 200 valence electrons. The third-order valence-electron chi connectivity index (χ3n) is 6.83. The van der Waals surface area contributed by atoms with E-state index in [4.69, 9.17) is 14.2 Å². The average molecular weight is 509 g/mol. The largest absolute Gasteiger partial charge is 0.389 e. The molecule has 3 heterocycles. The highest BCUT2D eigenvalue weighted by Gasteiger charge is 2.40. The maximum Gasteiger partial charge on any atom is 0.322 e. The summed E-state index contributed by atoms with van der Waals surface area (Å²) in [6.07, 6.45) is 0.864. The first-order chi connectivity index (χ1) is 17.5. The van der Waals surface area contributed by atoms with Gasteiger partial charge in [0.25, 0.3) is 0 Å². The Labute approximate surface area is 211 Å². The van der Waals surface area contributed by atoms with E-state index < -0.39 is 18.2 Å². The number of anilines is 1. The van der Waals surface area contributed by atoms with Crippen molar-refractivity contribution >= 4 is 17.6 Å². The molecule has 4 atom stereocenters. The van der Waals surface area contributed by atoms with Crippen LogP contribution in [0.15, 0.2) is 24.3 Å². The molecule has 3 aliphatic rings. The lowest BCUT2D eigenvalue weighted by molar-refractivity contribution is -0.149. The standard InChI is InChI=1S/C25H37FN4O6/c26-18-2-4-19(5-3-18)28-25(33)30-15-20(31)16-35-17-23-22(30)7-6-21(36-23)14-24(32)27-8-1-9-29-10-12-34-13-11-29/h2-5,20-23,31H,1,6-17H2,(H,27,32)(H,28,33)/t20-,21+,22+,23-/m0/s1. The fourth-order valence-electron chi connectivity index (χ4n) is 4.94. The topological polar surface area (TPSA) is 113 Å². The molecule has 36 heavy (non-hydrogen) atoms. The molecule has 1 aromatic carbocycles. The third kappa shape index (κ3) is 7.84. The number of amides is 3. The molecule has 4 rings (SSSR count). The summed E-state index contributed by atoms with van der Waals surface area (Å²) in [5.41, 5.74) is 0.464. The third-order valence-corrected chi connectivity index (χ3v) is 6.83. The maximum absolute atomic E-state index is 13.2. The number of ether oxygens (including phenoxy) is 3. The van der Waals surface area contributed by atoms with E-state index in [2.05, 4.69) is 15.5 Å². The highest BCUT2D eigenvalue weighted by molar-refractivity contribution is 5.89. The van der Waals surface area contributed by atoms with E-state index in [-0.39, 0.29) is 50.0 Å². The Balaban J connectivity index is 1.26. The number of aliphatic hydroxyl groups is 1. The van der Waals surface area contributed by atoms with E-state index in [1.54, 1.807) is 4.90 Å². The summed E-state index contributed by atoms with van der Waals surface area (Å²) in [5.74, 6) is -0.437. The van der Waals surface area contributed by atoms with Gasteiger partial charge in [0, 0.05) is 25.3 Å². The average Bonchev–Trinajstić information content (AvgIpc) is 2.86. The molecular formula is C25H37FN4O6. The zero-order chi connectivity index (χ0) is 25.3. The Morgan fingerprint density at radius 3 is 2.64 bits per heavy atom. The molecule has 10 nitrogen and oxygen atoms in total. The van der Waals surface area contributed by atoms with Crippen LogP contribution >= 0.6 is 0 Å². The lowest BCUT2D eigenvalue weighted by Crippen LogP contribution is -2.58. The first kappa shape index (κ1) is 26.7. The monoisotopic (exact) mass is 508 g/mol. The molecule has 0 radical (unpaired) electrons. The van der Waals surface area contributed by atoms with Crippen molar-refractivity contribution in [2.45, 2.75) is 50.0 Å². The zero-order valence-corrected chi connectivity index (χ0v) is 20.6. The summed E-state index contributed by atoms with van der Waals surface area (Å²) in [7, 11) is 0. The molecule has 0 unspecified atom stereocenters. The number of urea groups is 1. The van der Waals surface area contributed by atoms with Crippen molar-refractivity contribution in [3.8, 4) is 0 Å². The van der Waals surface area contributed by atoms with Crippen LogP contribution in [0.4, 0.5) is 14.9 Å². The number of rotatable bonds is 7. The van der Waals surface area contributed by atoms with Crippen molar-refractivity contribution in [1.82, 2.24) is 15.1 Å². The van der Waals surface area contributed by atoms with E-state index in [9.17, 15) is 19.1 Å². The fraction of sp³-hybridized carbons (Fsp3) is 0.680. The number of nitrogens with zero attached hydrogens (tertiary/aromatic N) is 2.